The SMILES string of the molecule is CCNC(=NCc1cccc(Cn2ccnc2C)c1)NC1CN(C(=O)OC(C)(C)C)C1.I. The molecule has 0 radical (unpaired) electrons. The molecular formula is C23H35IN6O2. The summed E-state index contributed by atoms with van der Waals surface area (Å²) in [4.78, 5) is 22.8. The van der Waals surface area contributed by atoms with Crippen molar-refractivity contribution < 1.29 is 9.53 Å². The monoisotopic (exact) mass is 554 g/mol. The van der Waals surface area contributed by atoms with E-state index in [2.05, 4.69) is 44.5 Å². The summed E-state index contributed by atoms with van der Waals surface area (Å²) in [6.07, 6.45) is 3.55. The Hall–Kier alpha value is -2.30. The van der Waals surface area contributed by atoms with E-state index < -0.39 is 5.60 Å². The highest BCUT2D eigenvalue weighted by molar-refractivity contribution is 14.0. The van der Waals surface area contributed by atoms with Crippen LogP contribution in [0.15, 0.2) is 41.7 Å². The third kappa shape index (κ3) is 7.68. The number of aryl methyl sites for hydroxylation is 1. The summed E-state index contributed by atoms with van der Waals surface area (Å²) in [6.45, 7) is 13.0. The molecule has 1 amide bonds. The van der Waals surface area contributed by atoms with Gasteiger partial charge in [0, 0.05) is 38.6 Å². The number of hydrogen-bond acceptors (Lipinski definition) is 4. The van der Waals surface area contributed by atoms with Gasteiger partial charge in [0.25, 0.3) is 0 Å². The molecule has 2 N–H and O–H groups in total. The van der Waals surface area contributed by atoms with Crippen LogP contribution >= 0.6 is 24.0 Å². The fraction of sp³-hybridized carbons (Fsp3) is 0.522. The van der Waals surface area contributed by atoms with Crippen LogP contribution in [0.3, 0.4) is 0 Å². The van der Waals surface area contributed by atoms with E-state index in [9.17, 15) is 4.79 Å². The third-order valence-electron chi connectivity index (χ3n) is 4.91. The normalized spacial score (nSPS) is 14.4. The van der Waals surface area contributed by atoms with Crippen molar-refractivity contribution in [2.45, 2.75) is 59.4 Å². The van der Waals surface area contributed by atoms with Crippen molar-refractivity contribution in [1.29, 1.82) is 0 Å². The molecule has 0 bridgehead atoms. The first kappa shape index (κ1) is 26.0. The predicted molar refractivity (Wildman–Crippen MR) is 137 cm³/mol. The highest BCUT2D eigenvalue weighted by Gasteiger charge is 2.34. The Labute approximate surface area is 207 Å². The number of carbonyl (C=O) groups excluding carboxylic acids is 1. The third-order valence-corrected chi connectivity index (χ3v) is 4.91. The minimum Gasteiger partial charge on any atom is -0.444 e. The molecule has 1 aromatic heterocycles. The van der Waals surface area contributed by atoms with Gasteiger partial charge in [-0.1, -0.05) is 24.3 Å². The van der Waals surface area contributed by atoms with Crippen molar-refractivity contribution in [3.63, 3.8) is 0 Å². The number of ether oxygens (including phenoxy) is 1. The Morgan fingerprint density at radius 1 is 1.28 bits per heavy atom. The van der Waals surface area contributed by atoms with Gasteiger partial charge in [0.15, 0.2) is 5.96 Å². The lowest BCUT2D eigenvalue weighted by Gasteiger charge is -2.40. The number of imidazole rings is 1. The second-order valence-electron chi connectivity index (χ2n) is 8.84. The van der Waals surface area contributed by atoms with Crippen LogP contribution in [-0.4, -0.2) is 57.8 Å². The molecule has 0 aliphatic carbocycles. The quantitative estimate of drug-likeness (QED) is 0.325. The number of amides is 1. The molecule has 176 valence electrons. The molecule has 0 spiro atoms. The van der Waals surface area contributed by atoms with E-state index in [0.717, 1.165) is 30.4 Å². The summed E-state index contributed by atoms with van der Waals surface area (Å²) in [5.41, 5.74) is 1.90. The molecule has 1 aliphatic heterocycles. The van der Waals surface area contributed by atoms with Gasteiger partial charge in [-0.05, 0) is 45.7 Å². The summed E-state index contributed by atoms with van der Waals surface area (Å²) < 4.78 is 7.54. The maximum atomic E-state index is 12.1. The molecule has 3 rings (SSSR count). The van der Waals surface area contributed by atoms with Crippen molar-refractivity contribution in [2.75, 3.05) is 19.6 Å². The highest BCUT2D eigenvalue weighted by atomic mass is 127. The number of hydrogen-bond donors (Lipinski definition) is 2. The molecule has 2 aromatic rings. The summed E-state index contributed by atoms with van der Waals surface area (Å²) in [5.74, 6) is 1.76. The molecule has 0 saturated carbocycles. The number of likely N-dealkylation sites (tertiary alicyclic amines) is 1. The van der Waals surface area contributed by atoms with Gasteiger partial charge >= 0.3 is 6.09 Å². The van der Waals surface area contributed by atoms with E-state index in [-0.39, 0.29) is 36.1 Å². The van der Waals surface area contributed by atoms with E-state index in [0.29, 0.717) is 19.6 Å². The van der Waals surface area contributed by atoms with Crippen LogP contribution in [0.2, 0.25) is 0 Å². The van der Waals surface area contributed by atoms with Crippen LogP contribution in [0.25, 0.3) is 0 Å². The average Bonchev–Trinajstić information content (AvgIpc) is 3.05. The molecule has 8 nitrogen and oxygen atoms in total. The fourth-order valence-electron chi connectivity index (χ4n) is 3.32. The number of rotatable bonds is 6. The van der Waals surface area contributed by atoms with Crippen molar-refractivity contribution in [1.82, 2.24) is 25.1 Å². The van der Waals surface area contributed by atoms with E-state index in [1.54, 1.807) is 4.90 Å². The topological polar surface area (TPSA) is 83.8 Å². The molecule has 2 heterocycles. The van der Waals surface area contributed by atoms with Gasteiger partial charge in [0.2, 0.25) is 0 Å². The van der Waals surface area contributed by atoms with E-state index in [1.807, 2.05) is 47.0 Å². The Morgan fingerprint density at radius 2 is 2.00 bits per heavy atom. The molecule has 1 saturated heterocycles. The first-order valence-electron chi connectivity index (χ1n) is 10.8. The van der Waals surface area contributed by atoms with Crippen molar-refractivity contribution >= 4 is 36.0 Å². The number of nitrogens with zero attached hydrogens (tertiary/aromatic N) is 4. The summed E-state index contributed by atoms with van der Waals surface area (Å²) >= 11 is 0. The van der Waals surface area contributed by atoms with Crippen molar-refractivity contribution in [2.24, 2.45) is 4.99 Å². The van der Waals surface area contributed by atoms with Gasteiger partial charge in [0.05, 0.1) is 12.6 Å². The molecular weight excluding hydrogens is 519 g/mol. The Bertz CT molecular complexity index is 915. The molecule has 0 atom stereocenters. The maximum Gasteiger partial charge on any atom is 0.410 e. The molecule has 9 heteroatoms. The van der Waals surface area contributed by atoms with Gasteiger partial charge in [-0.15, -0.1) is 24.0 Å². The molecule has 1 fully saturated rings. The van der Waals surface area contributed by atoms with Gasteiger partial charge in [0.1, 0.15) is 11.4 Å². The zero-order chi connectivity index (χ0) is 22.4. The number of benzene rings is 1. The lowest BCUT2D eigenvalue weighted by Crippen LogP contribution is -2.63. The minimum atomic E-state index is -0.475. The number of nitrogens with one attached hydrogen (secondary N) is 2. The van der Waals surface area contributed by atoms with E-state index in [4.69, 9.17) is 9.73 Å². The first-order chi connectivity index (χ1) is 14.7. The number of guanidine groups is 1. The Balaban J connectivity index is 0.00000363. The largest absolute Gasteiger partial charge is 0.444 e. The van der Waals surface area contributed by atoms with Gasteiger partial charge in [-0.3, -0.25) is 0 Å². The molecule has 0 unspecified atom stereocenters. The number of aromatic nitrogens is 2. The highest BCUT2D eigenvalue weighted by Crippen LogP contribution is 2.15. The van der Waals surface area contributed by atoms with Gasteiger partial charge in [-0.2, -0.15) is 0 Å². The second kappa shape index (κ2) is 11.5. The lowest BCUT2D eigenvalue weighted by atomic mass is 10.1. The number of carbonyl (C=O) groups is 1. The predicted octanol–water partition coefficient (Wildman–Crippen LogP) is 3.53. The van der Waals surface area contributed by atoms with E-state index in [1.165, 1.54) is 5.56 Å². The fourth-order valence-corrected chi connectivity index (χ4v) is 3.32. The molecule has 1 aromatic carbocycles. The van der Waals surface area contributed by atoms with Gasteiger partial charge < -0.3 is 24.8 Å². The van der Waals surface area contributed by atoms with Gasteiger partial charge in [-0.25, -0.2) is 14.8 Å². The van der Waals surface area contributed by atoms with Crippen LogP contribution < -0.4 is 10.6 Å². The molecule has 32 heavy (non-hydrogen) atoms. The summed E-state index contributed by atoms with van der Waals surface area (Å²) in [6, 6.07) is 8.62. The Kier molecular flexibility index (Phi) is 9.35. The smallest absolute Gasteiger partial charge is 0.410 e. The maximum absolute atomic E-state index is 12.1. The second-order valence-corrected chi connectivity index (χ2v) is 8.84. The lowest BCUT2D eigenvalue weighted by molar-refractivity contribution is 0.00700. The van der Waals surface area contributed by atoms with Crippen LogP contribution in [0.4, 0.5) is 4.79 Å². The first-order valence-corrected chi connectivity index (χ1v) is 10.8. The van der Waals surface area contributed by atoms with Crippen molar-refractivity contribution in [3.8, 4) is 0 Å². The zero-order valence-electron chi connectivity index (χ0n) is 19.6. The summed E-state index contributed by atoms with van der Waals surface area (Å²) in [7, 11) is 0. The number of aliphatic imine (C=N–C) groups is 1. The zero-order valence-corrected chi connectivity index (χ0v) is 21.9. The Morgan fingerprint density at radius 3 is 2.62 bits per heavy atom. The van der Waals surface area contributed by atoms with E-state index >= 15 is 0 Å². The van der Waals surface area contributed by atoms with Crippen LogP contribution in [0, 0.1) is 6.92 Å². The van der Waals surface area contributed by atoms with Crippen LogP contribution in [-0.2, 0) is 17.8 Å². The standard InChI is InChI=1S/C23H34N6O2.HI/c1-6-24-21(27-20-15-29(16-20)22(30)31-23(3,4)5)26-13-18-8-7-9-19(12-18)14-28-11-10-25-17(28)2;/h7-12,20H,6,13-16H2,1-5H3,(H2,24,26,27);1H. The summed E-state index contributed by atoms with van der Waals surface area (Å²) in [5, 5.41) is 6.69. The number of halogens is 1. The van der Waals surface area contributed by atoms with Crippen molar-refractivity contribution in [3.05, 3.63) is 53.6 Å². The van der Waals surface area contributed by atoms with Crippen LogP contribution in [0.1, 0.15) is 44.6 Å². The minimum absolute atomic E-state index is 0. The average molecular weight is 554 g/mol. The molecule has 1 aliphatic rings. The van der Waals surface area contributed by atoms with Crippen LogP contribution in [0.5, 0.6) is 0 Å².